The first-order valence-electron chi connectivity index (χ1n) is 6.88. The van der Waals surface area contributed by atoms with Crippen molar-refractivity contribution >= 4 is 15.6 Å². The van der Waals surface area contributed by atoms with Gasteiger partial charge in [-0.2, -0.15) is 4.31 Å². The first-order chi connectivity index (χ1) is 9.56. The average molecular weight is 295 g/mol. The summed E-state index contributed by atoms with van der Waals surface area (Å²) in [4.78, 5) is 0. The number of ether oxygens (including phenoxy) is 1. The van der Waals surface area contributed by atoms with Crippen LogP contribution in [-0.4, -0.2) is 38.7 Å². The maximum Gasteiger partial charge on any atom is 0.214 e. The van der Waals surface area contributed by atoms with Gasteiger partial charge in [-0.3, -0.25) is 0 Å². The van der Waals surface area contributed by atoms with Crippen molar-refractivity contribution in [2.75, 3.05) is 26.0 Å². The van der Waals surface area contributed by atoms with Crippen molar-refractivity contribution in [1.29, 1.82) is 0 Å². The molecule has 1 aromatic carbocycles. The van der Waals surface area contributed by atoms with Gasteiger partial charge in [0.1, 0.15) is 5.75 Å². The molecule has 1 aliphatic heterocycles. The van der Waals surface area contributed by atoms with Crippen molar-refractivity contribution in [3.63, 3.8) is 0 Å². The minimum absolute atomic E-state index is 0.231. The topological polar surface area (TPSA) is 46.6 Å². The summed E-state index contributed by atoms with van der Waals surface area (Å²) in [5.74, 6) is 1.06. The maximum atomic E-state index is 12.0. The van der Waals surface area contributed by atoms with E-state index in [4.69, 9.17) is 4.74 Å². The largest absolute Gasteiger partial charge is 0.497 e. The fraction of sp³-hybridized carbons (Fsp3) is 0.467. The fourth-order valence-corrected chi connectivity index (χ4v) is 3.82. The summed E-state index contributed by atoms with van der Waals surface area (Å²) >= 11 is 0. The third-order valence-electron chi connectivity index (χ3n) is 3.47. The van der Waals surface area contributed by atoms with Crippen LogP contribution in [0.25, 0.3) is 5.57 Å². The van der Waals surface area contributed by atoms with E-state index in [1.54, 1.807) is 11.4 Å². The van der Waals surface area contributed by atoms with E-state index in [2.05, 4.69) is 0 Å². The van der Waals surface area contributed by atoms with Crippen LogP contribution in [0, 0.1) is 0 Å². The SMILES string of the molecule is CCCS(=O)(=O)N1CC=C(c2cccc(OC)c2)CC1. The van der Waals surface area contributed by atoms with Gasteiger partial charge in [0.05, 0.1) is 12.9 Å². The number of methoxy groups -OCH3 is 1. The molecule has 110 valence electrons. The van der Waals surface area contributed by atoms with Crippen molar-refractivity contribution in [2.24, 2.45) is 0 Å². The van der Waals surface area contributed by atoms with Crippen molar-refractivity contribution in [2.45, 2.75) is 19.8 Å². The number of benzene rings is 1. The molecule has 5 heteroatoms. The van der Waals surface area contributed by atoms with Gasteiger partial charge < -0.3 is 4.74 Å². The summed E-state index contributed by atoms with van der Waals surface area (Å²) in [5, 5.41) is 0. The number of nitrogens with zero attached hydrogens (tertiary/aromatic N) is 1. The highest BCUT2D eigenvalue weighted by molar-refractivity contribution is 7.89. The molecular weight excluding hydrogens is 274 g/mol. The molecule has 0 fully saturated rings. The molecule has 0 unspecified atom stereocenters. The van der Waals surface area contributed by atoms with Crippen LogP contribution in [0.4, 0.5) is 0 Å². The molecule has 0 aromatic heterocycles. The van der Waals surface area contributed by atoms with E-state index in [0.29, 0.717) is 19.5 Å². The molecule has 0 amide bonds. The first kappa shape index (κ1) is 15.1. The molecule has 0 saturated carbocycles. The van der Waals surface area contributed by atoms with Gasteiger partial charge in [-0.25, -0.2) is 8.42 Å². The Morgan fingerprint density at radius 1 is 1.35 bits per heavy atom. The van der Waals surface area contributed by atoms with Gasteiger partial charge in [-0.05, 0) is 36.1 Å². The lowest BCUT2D eigenvalue weighted by Crippen LogP contribution is -2.36. The van der Waals surface area contributed by atoms with E-state index < -0.39 is 10.0 Å². The highest BCUT2D eigenvalue weighted by Crippen LogP contribution is 2.26. The summed E-state index contributed by atoms with van der Waals surface area (Å²) in [5.41, 5.74) is 2.30. The number of hydrogen-bond donors (Lipinski definition) is 0. The molecular formula is C15H21NO3S. The van der Waals surface area contributed by atoms with Crippen LogP contribution in [0.15, 0.2) is 30.3 Å². The highest BCUT2D eigenvalue weighted by Gasteiger charge is 2.23. The van der Waals surface area contributed by atoms with Gasteiger partial charge in [0.25, 0.3) is 0 Å². The van der Waals surface area contributed by atoms with Gasteiger partial charge >= 0.3 is 0 Å². The first-order valence-corrected chi connectivity index (χ1v) is 8.49. The minimum Gasteiger partial charge on any atom is -0.497 e. The zero-order valence-electron chi connectivity index (χ0n) is 12.0. The summed E-state index contributed by atoms with van der Waals surface area (Å²) in [7, 11) is -1.44. The zero-order chi connectivity index (χ0) is 14.6. The maximum absolute atomic E-state index is 12.0. The van der Waals surface area contributed by atoms with Crippen LogP contribution < -0.4 is 4.74 Å². The molecule has 1 aliphatic rings. The van der Waals surface area contributed by atoms with E-state index in [1.165, 1.54) is 5.57 Å². The van der Waals surface area contributed by atoms with Crippen molar-refractivity contribution in [1.82, 2.24) is 4.31 Å². The second-order valence-corrected chi connectivity index (χ2v) is 6.97. The lowest BCUT2D eigenvalue weighted by Gasteiger charge is -2.26. The fourth-order valence-electron chi connectivity index (χ4n) is 2.38. The van der Waals surface area contributed by atoms with E-state index in [9.17, 15) is 8.42 Å². The molecule has 0 aliphatic carbocycles. The summed E-state index contributed by atoms with van der Waals surface area (Å²) < 4.78 is 30.8. The molecule has 0 N–H and O–H groups in total. The Morgan fingerprint density at radius 2 is 2.15 bits per heavy atom. The van der Waals surface area contributed by atoms with Crippen molar-refractivity contribution in [3.8, 4) is 5.75 Å². The Kier molecular flexibility index (Phi) is 4.83. The van der Waals surface area contributed by atoms with Gasteiger partial charge in [-0.15, -0.1) is 0 Å². The normalized spacial score (nSPS) is 16.8. The van der Waals surface area contributed by atoms with Crippen LogP contribution >= 0.6 is 0 Å². The molecule has 0 atom stereocenters. The molecule has 0 spiro atoms. The third-order valence-corrected chi connectivity index (χ3v) is 5.51. The Balaban J connectivity index is 2.13. The van der Waals surface area contributed by atoms with Gasteiger partial charge in [-0.1, -0.05) is 25.1 Å². The Bertz CT molecular complexity index is 593. The standard InChI is InChI=1S/C15H21NO3S/c1-3-11-20(17,18)16-9-7-13(8-10-16)14-5-4-6-15(12-14)19-2/h4-7,12H,3,8-11H2,1-2H3. The summed E-state index contributed by atoms with van der Waals surface area (Å²) in [6.07, 6.45) is 3.41. The third kappa shape index (κ3) is 3.41. The second kappa shape index (κ2) is 6.41. The molecule has 4 nitrogen and oxygen atoms in total. The van der Waals surface area contributed by atoms with Crippen LogP contribution in [0.2, 0.25) is 0 Å². The van der Waals surface area contributed by atoms with Crippen LogP contribution in [-0.2, 0) is 10.0 Å². The Hall–Kier alpha value is -1.33. The molecule has 0 radical (unpaired) electrons. The zero-order valence-corrected chi connectivity index (χ0v) is 12.8. The summed E-state index contributed by atoms with van der Waals surface area (Å²) in [6.45, 7) is 2.92. The molecule has 20 heavy (non-hydrogen) atoms. The van der Waals surface area contributed by atoms with Crippen LogP contribution in [0.5, 0.6) is 5.75 Å². The van der Waals surface area contributed by atoms with E-state index in [1.807, 2.05) is 37.3 Å². The molecule has 2 rings (SSSR count). The van der Waals surface area contributed by atoms with Crippen LogP contribution in [0.3, 0.4) is 0 Å². The van der Waals surface area contributed by atoms with Gasteiger partial charge in [0, 0.05) is 13.1 Å². The minimum atomic E-state index is -3.09. The lowest BCUT2D eigenvalue weighted by atomic mass is 10.0. The van der Waals surface area contributed by atoms with Crippen LogP contribution in [0.1, 0.15) is 25.3 Å². The second-order valence-electron chi connectivity index (χ2n) is 4.89. The van der Waals surface area contributed by atoms with E-state index >= 15 is 0 Å². The highest BCUT2D eigenvalue weighted by atomic mass is 32.2. The monoisotopic (exact) mass is 295 g/mol. The van der Waals surface area contributed by atoms with E-state index in [0.717, 1.165) is 17.7 Å². The Labute approximate surface area is 121 Å². The molecule has 0 bridgehead atoms. The van der Waals surface area contributed by atoms with Gasteiger partial charge in [0.15, 0.2) is 0 Å². The number of sulfonamides is 1. The van der Waals surface area contributed by atoms with E-state index in [-0.39, 0.29) is 5.75 Å². The number of hydrogen-bond acceptors (Lipinski definition) is 3. The Morgan fingerprint density at radius 3 is 2.75 bits per heavy atom. The molecule has 0 saturated heterocycles. The average Bonchev–Trinajstić information content (AvgIpc) is 2.47. The van der Waals surface area contributed by atoms with Crippen molar-refractivity contribution < 1.29 is 13.2 Å². The number of rotatable bonds is 5. The predicted octanol–water partition coefficient (Wildman–Crippen LogP) is 2.52. The van der Waals surface area contributed by atoms with Gasteiger partial charge in [0.2, 0.25) is 10.0 Å². The summed E-state index contributed by atoms with van der Waals surface area (Å²) in [6, 6.07) is 7.88. The predicted molar refractivity (Wildman–Crippen MR) is 81.2 cm³/mol. The molecule has 1 heterocycles. The lowest BCUT2D eigenvalue weighted by molar-refractivity contribution is 0.414. The molecule has 1 aromatic rings. The van der Waals surface area contributed by atoms with Crippen molar-refractivity contribution in [3.05, 3.63) is 35.9 Å². The smallest absolute Gasteiger partial charge is 0.214 e. The quantitative estimate of drug-likeness (QED) is 0.838.